The molecule has 0 spiro atoms. The predicted octanol–water partition coefficient (Wildman–Crippen LogP) is 3.03. The fourth-order valence-corrected chi connectivity index (χ4v) is 1.91. The van der Waals surface area contributed by atoms with Crippen molar-refractivity contribution in [3.8, 4) is 0 Å². The molecule has 0 saturated heterocycles. The molecular weight excluding hydrogens is 240 g/mol. The Balaban J connectivity index is 2.39. The lowest BCUT2D eigenvalue weighted by atomic mass is 10.0. The summed E-state index contributed by atoms with van der Waals surface area (Å²) in [5, 5.41) is 8.67. The van der Waals surface area contributed by atoms with Gasteiger partial charge in [-0.3, -0.25) is 4.79 Å². The van der Waals surface area contributed by atoms with Crippen LogP contribution in [0.5, 0.6) is 0 Å². The van der Waals surface area contributed by atoms with E-state index in [-0.39, 0.29) is 12.0 Å². The second kappa shape index (κ2) is 3.72. The first-order chi connectivity index (χ1) is 7.80. The maximum Gasteiger partial charge on any atom is 0.416 e. The monoisotopic (exact) mass is 248 g/mol. The highest BCUT2D eigenvalue weighted by atomic mass is 19.4. The summed E-state index contributed by atoms with van der Waals surface area (Å²) in [4.78, 5) is 10.6. The number of aliphatic carboxylic acids is 1. The predicted molar refractivity (Wildman–Crippen MR) is 49.9 cm³/mol. The van der Waals surface area contributed by atoms with Gasteiger partial charge in [-0.1, -0.05) is 0 Å². The molecular formula is C11H8F4O2. The Bertz CT molecular complexity index is 467. The summed E-state index contributed by atoms with van der Waals surface area (Å²) in [5.41, 5.74) is -1.21. The molecule has 0 unspecified atom stereocenters. The second-order valence-electron chi connectivity index (χ2n) is 4.02. The minimum Gasteiger partial charge on any atom is -0.481 e. The molecule has 2 rings (SSSR count). The minimum absolute atomic E-state index is 0.127. The maximum absolute atomic E-state index is 12.9. The van der Waals surface area contributed by atoms with Crippen LogP contribution in [0.3, 0.4) is 0 Å². The molecule has 1 aromatic rings. The number of alkyl halides is 3. The van der Waals surface area contributed by atoms with Gasteiger partial charge < -0.3 is 5.11 Å². The molecule has 1 saturated carbocycles. The summed E-state index contributed by atoms with van der Waals surface area (Å²) < 4.78 is 50.8. The first kappa shape index (κ1) is 11.9. The molecule has 0 amide bonds. The van der Waals surface area contributed by atoms with Crippen molar-refractivity contribution in [2.75, 3.05) is 0 Å². The van der Waals surface area contributed by atoms with Gasteiger partial charge in [-0.15, -0.1) is 0 Å². The van der Waals surface area contributed by atoms with E-state index < -0.39 is 35.4 Å². The SMILES string of the molecule is O=C(O)[C@@H]1C[C@H]1c1cc(F)ccc1C(F)(F)F. The summed E-state index contributed by atoms with van der Waals surface area (Å²) in [6, 6.07) is 2.16. The van der Waals surface area contributed by atoms with Gasteiger partial charge in [0.2, 0.25) is 0 Å². The van der Waals surface area contributed by atoms with Crippen molar-refractivity contribution in [3.05, 3.63) is 35.1 Å². The molecule has 0 bridgehead atoms. The Hall–Kier alpha value is -1.59. The summed E-state index contributed by atoms with van der Waals surface area (Å²) in [5.74, 6) is -3.51. The molecule has 0 radical (unpaired) electrons. The highest BCUT2D eigenvalue weighted by Crippen LogP contribution is 2.51. The summed E-state index contributed by atoms with van der Waals surface area (Å²) in [6.45, 7) is 0. The maximum atomic E-state index is 12.9. The lowest BCUT2D eigenvalue weighted by Crippen LogP contribution is -2.10. The number of benzene rings is 1. The normalized spacial score (nSPS) is 23.5. The van der Waals surface area contributed by atoms with Crippen LogP contribution in [-0.2, 0) is 11.0 Å². The van der Waals surface area contributed by atoms with E-state index in [1.165, 1.54) is 0 Å². The number of carbonyl (C=O) groups is 1. The van der Waals surface area contributed by atoms with E-state index in [9.17, 15) is 22.4 Å². The molecule has 17 heavy (non-hydrogen) atoms. The van der Waals surface area contributed by atoms with Crippen LogP contribution in [0.2, 0.25) is 0 Å². The Kier molecular flexibility index (Phi) is 2.60. The number of hydrogen-bond acceptors (Lipinski definition) is 1. The number of carboxylic acids is 1. The molecule has 2 nitrogen and oxygen atoms in total. The third-order valence-electron chi connectivity index (χ3n) is 2.83. The van der Waals surface area contributed by atoms with Crippen molar-refractivity contribution >= 4 is 5.97 Å². The molecule has 0 aliphatic heterocycles. The number of carboxylic acid groups (broad SMARTS) is 1. The van der Waals surface area contributed by atoms with Gasteiger partial charge in [-0.25, -0.2) is 4.39 Å². The zero-order valence-electron chi connectivity index (χ0n) is 8.46. The van der Waals surface area contributed by atoms with Crippen molar-refractivity contribution in [2.45, 2.75) is 18.5 Å². The molecule has 1 aromatic carbocycles. The standard InChI is InChI=1S/C11H8F4O2/c12-5-1-2-9(11(13,14)15)7(3-5)6-4-8(6)10(16)17/h1-3,6,8H,4H2,(H,16,17)/t6-,8+/m0/s1. The quantitative estimate of drug-likeness (QED) is 0.817. The summed E-state index contributed by atoms with van der Waals surface area (Å²) in [6.07, 6.45) is -4.46. The van der Waals surface area contributed by atoms with Gasteiger partial charge in [0.15, 0.2) is 0 Å². The van der Waals surface area contributed by atoms with Crippen LogP contribution in [-0.4, -0.2) is 11.1 Å². The average molecular weight is 248 g/mol. The van der Waals surface area contributed by atoms with Gasteiger partial charge in [0.25, 0.3) is 0 Å². The van der Waals surface area contributed by atoms with Gasteiger partial charge in [-0.05, 0) is 36.1 Å². The second-order valence-corrected chi connectivity index (χ2v) is 4.02. The van der Waals surface area contributed by atoms with Crippen LogP contribution in [0.4, 0.5) is 17.6 Å². The van der Waals surface area contributed by atoms with Crippen molar-refractivity contribution < 1.29 is 27.5 Å². The van der Waals surface area contributed by atoms with E-state index in [4.69, 9.17) is 5.11 Å². The largest absolute Gasteiger partial charge is 0.481 e. The Morgan fingerprint density at radius 2 is 2.00 bits per heavy atom. The zero-order chi connectivity index (χ0) is 12.8. The van der Waals surface area contributed by atoms with Crippen LogP contribution < -0.4 is 0 Å². The molecule has 92 valence electrons. The van der Waals surface area contributed by atoms with Gasteiger partial charge >= 0.3 is 12.1 Å². The zero-order valence-corrected chi connectivity index (χ0v) is 8.46. The average Bonchev–Trinajstić information content (AvgIpc) is 2.94. The molecule has 6 heteroatoms. The van der Waals surface area contributed by atoms with Crippen molar-refractivity contribution in [1.29, 1.82) is 0 Å². The summed E-state index contributed by atoms with van der Waals surface area (Å²) in [7, 11) is 0. The number of hydrogen-bond donors (Lipinski definition) is 1. The van der Waals surface area contributed by atoms with E-state index in [2.05, 4.69) is 0 Å². The smallest absolute Gasteiger partial charge is 0.416 e. The molecule has 1 N–H and O–H groups in total. The Morgan fingerprint density at radius 3 is 2.47 bits per heavy atom. The van der Waals surface area contributed by atoms with Crippen molar-refractivity contribution in [2.24, 2.45) is 5.92 Å². The topological polar surface area (TPSA) is 37.3 Å². The van der Waals surface area contributed by atoms with Gasteiger partial charge in [0.1, 0.15) is 5.82 Å². The summed E-state index contributed by atoms with van der Waals surface area (Å²) >= 11 is 0. The lowest BCUT2D eigenvalue weighted by molar-refractivity contribution is -0.140. The molecule has 1 aliphatic rings. The fourth-order valence-electron chi connectivity index (χ4n) is 1.91. The molecule has 2 atom stereocenters. The Morgan fingerprint density at radius 1 is 1.35 bits per heavy atom. The van der Waals surface area contributed by atoms with Crippen LogP contribution in [0.25, 0.3) is 0 Å². The molecule has 0 heterocycles. The first-order valence-electron chi connectivity index (χ1n) is 4.90. The van der Waals surface area contributed by atoms with Crippen LogP contribution in [0.15, 0.2) is 18.2 Å². The van der Waals surface area contributed by atoms with E-state index >= 15 is 0 Å². The highest BCUT2D eigenvalue weighted by molar-refractivity contribution is 5.75. The van der Waals surface area contributed by atoms with E-state index in [1.807, 2.05) is 0 Å². The molecule has 0 aromatic heterocycles. The van der Waals surface area contributed by atoms with Gasteiger partial charge in [0.05, 0.1) is 11.5 Å². The van der Waals surface area contributed by atoms with E-state index in [1.54, 1.807) is 0 Å². The van der Waals surface area contributed by atoms with Crippen molar-refractivity contribution in [1.82, 2.24) is 0 Å². The van der Waals surface area contributed by atoms with Crippen molar-refractivity contribution in [3.63, 3.8) is 0 Å². The number of rotatable bonds is 2. The van der Waals surface area contributed by atoms with Crippen LogP contribution in [0.1, 0.15) is 23.5 Å². The van der Waals surface area contributed by atoms with Gasteiger partial charge in [-0.2, -0.15) is 13.2 Å². The third kappa shape index (κ3) is 2.25. The minimum atomic E-state index is -4.59. The Labute approximate surface area is 93.9 Å². The lowest BCUT2D eigenvalue weighted by Gasteiger charge is -2.12. The van der Waals surface area contributed by atoms with Crippen LogP contribution in [0, 0.1) is 11.7 Å². The molecule has 1 fully saturated rings. The third-order valence-corrected chi connectivity index (χ3v) is 2.83. The van der Waals surface area contributed by atoms with E-state index in [0.29, 0.717) is 6.07 Å². The molecule has 1 aliphatic carbocycles. The fraction of sp³-hybridized carbons (Fsp3) is 0.364. The van der Waals surface area contributed by atoms with Gasteiger partial charge in [0, 0.05) is 0 Å². The van der Waals surface area contributed by atoms with Crippen LogP contribution >= 0.6 is 0 Å². The van der Waals surface area contributed by atoms with E-state index in [0.717, 1.165) is 12.1 Å². The highest BCUT2D eigenvalue weighted by Gasteiger charge is 2.48. The first-order valence-corrected chi connectivity index (χ1v) is 4.90. The number of halogens is 4.